The van der Waals surface area contributed by atoms with Gasteiger partial charge < -0.3 is 20.7 Å². The Bertz CT molecular complexity index is 733. The summed E-state index contributed by atoms with van der Waals surface area (Å²) in [5.41, 5.74) is 7.46. The van der Waals surface area contributed by atoms with E-state index in [-0.39, 0.29) is 18.6 Å². The van der Waals surface area contributed by atoms with Gasteiger partial charge in [-0.05, 0) is 24.6 Å². The molecule has 0 saturated heterocycles. The topological polar surface area (TPSA) is 121 Å². The average molecular weight is 305 g/mol. The highest BCUT2D eigenvalue weighted by Crippen LogP contribution is 2.31. The van der Waals surface area contributed by atoms with Crippen LogP contribution in [0.15, 0.2) is 23.0 Å². The van der Waals surface area contributed by atoms with Crippen molar-refractivity contribution in [1.82, 2.24) is 10.2 Å². The second-order valence-corrected chi connectivity index (χ2v) is 5.07. The van der Waals surface area contributed by atoms with Gasteiger partial charge in [0.25, 0.3) is 5.56 Å². The lowest BCUT2D eigenvalue weighted by atomic mass is 9.87. The number of amides is 1. The summed E-state index contributed by atoms with van der Waals surface area (Å²) < 4.78 is 5.16. The number of hydrogen-bond donors (Lipinski definition) is 4. The first-order chi connectivity index (χ1) is 10.5. The van der Waals surface area contributed by atoms with E-state index in [1.807, 2.05) is 0 Å². The maximum atomic E-state index is 12.0. The normalized spacial score (nSPS) is 12.1. The monoisotopic (exact) mass is 305 g/mol. The maximum absolute atomic E-state index is 12.0. The maximum Gasteiger partial charge on any atom is 0.267 e. The van der Waals surface area contributed by atoms with Gasteiger partial charge in [0, 0.05) is 29.2 Å². The van der Waals surface area contributed by atoms with E-state index in [1.54, 1.807) is 25.1 Å². The molecule has 0 aliphatic carbocycles. The van der Waals surface area contributed by atoms with Crippen molar-refractivity contribution in [2.24, 2.45) is 5.73 Å². The molecule has 0 spiro atoms. The molecule has 118 valence electrons. The van der Waals surface area contributed by atoms with Gasteiger partial charge in [0.15, 0.2) is 0 Å². The fraction of sp³-hybridized carbons (Fsp3) is 0.333. The number of rotatable bonds is 6. The fourth-order valence-electron chi connectivity index (χ4n) is 2.60. The Hall–Kier alpha value is -2.54. The van der Waals surface area contributed by atoms with E-state index in [4.69, 9.17) is 10.5 Å². The van der Waals surface area contributed by atoms with Crippen LogP contribution in [0, 0.1) is 6.92 Å². The molecular weight excluding hydrogens is 286 g/mol. The molecule has 22 heavy (non-hydrogen) atoms. The molecule has 1 aromatic heterocycles. The number of hydrogen-bond acceptors (Lipinski definition) is 4. The Morgan fingerprint density at radius 3 is 2.64 bits per heavy atom. The van der Waals surface area contributed by atoms with Crippen molar-refractivity contribution < 1.29 is 14.6 Å². The minimum atomic E-state index is -0.508. The Labute approximate surface area is 127 Å². The van der Waals surface area contributed by atoms with Gasteiger partial charge in [-0.3, -0.25) is 14.7 Å². The second-order valence-electron chi connectivity index (χ2n) is 5.07. The van der Waals surface area contributed by atoms with Crippen molar-refractivity contribution in [2.45, 2.75) is 25.9 Å². The van der Waals surface area contributed by atoms with E-state index >= 15 is 0 Å². The number of H-pyrrole nitrogens is 2. The van der Waals surface area contributed by atoms with Gasteiger partial charge in [-0.25, -0.2) is 0 Å². The number of nitrogens with one attached hydrogen (secondary N) is 2. The average Bonchev–Trinajstić information content (AvgIpc) is 2.83. The molecule has 0 unspecified atom stereocenters. The van der Waals surface area contributed by atoms with Crippen LogP contribution in [0.1, 0.15) is 34.7 Å². The van der Waals surface area contributed by atoms with Crippen molar-refractivity contribution in [1.29, 1.82) is 0 Å². The molecule has 0 radical (unpaired) electrons. The van der Waals surface area contributed by atoms with Crippen molar-refractivity contribution >= 4 is 5.91 Å². The highest BCUT2D eigenvalue weighted by atomic mass is 16.5. The van der Waals surface area contributed by atoms with Gasteiger partial charge in [-0.2, -0.15) is 0 Å². The van der Waals surface area contributed by atoms with Crippen LogP contribution in [-0.2, 0) is 11.4 Å². The Morgan fingerprint density at radius 2 is 2.14 bits per heavy atom. The molecule has 7 nitrogen and oxygen atoms in total. The van der Waals surface area contributed by atoms with Gasteiger partial charge in [-0.15, -0.1) is 0 Å². The molecule has 0 bridgehead atoms. The van der Waals surface area contributed by atoms with Crippen LogP contribution in [-0.4, -0.2) is 28.3 Å². The Balaban J connectivity index is 2.55. The summed E-state index contributed by atoms with van der Waals surface area (Å²) in [6.45, 7) is 1.54. The van der Waals surface area contributed by atoms with Gasteiger partial charge in [-0.1, -0.05) is 6.07 Å². The quantitative estimate of drug-likeness (QED) is 0.621. The summed E-state index contributed by atoms with van der Waals surface area (Å²) in [5.74, 6) is -0.446. The molecule has 1 atom stereocenters. The van der Waals surface area contributed by atoms with Crippen molar-refractivity contribution in [2.75, 3.05) is 7.11 Å². The number of aliphatic hydroxyl groups is 1. The Morgan fingerprint density at radius 1 is 1.41 bits per heavy atom. The zero-order valence-corrected chi connectivity index (χ0v) is 12.5. The lowest BCUT2D eigenvalue weighted by Crippen LogP contribution is -2.20. The van der Waals surface area contributed by atoms with E-state index in [0.717, 1.165) is 5.56 Å². The number of aromatic amines is 2. The van der Waals surface area contributed by atoms with Crippen LogP contribution >= 0.6 is 0 Å². The van der Waals surface area contributed by atoms with Crippen LogP contribution in [0.5, 0.6) is 5.75 Å². The lowest BCUT2D eigenvalue weighted by Gasteiger charge is -2.17. The van der Waals surface area contributed by atoms with E-state index in [0.29, 0.717) is 22.6 Å². The third kappa shape index (κ3) is 3.04. The van der Waals surface area contributed by atoms with Gasteiger partial charge >= 0.3 is 0 Å². The molecule has 7 heteroatoms. The predicted molar refractivity (Wildman–Crippen MR) is 80.7 cm³/mol. The molecule has 1 amide bonds. The smallest absolute Gasteiger partial charge is 0.267 e. The van der Waals surface area contributed by atoms with E-state index < -0.39 is 11.8 Å². The van der Waals surface area contributed by atoms with Crippen LogP contribution in [0.3, 0.4) is 0 Å². The first-order valence-corrected chi connectivity index (χ1v) is 6.81. The first-order valence-electron chi connectivity index (χ1n) is 6.81. The third-order valence-corrected chi connectivity index (χ3v) is 3.64. The number of benzene rings is 1. The molecule has 0 saturated carbocycles. The van der Waals surface area contributed by atoms with Crippen molar-refractivity contribution in [3.8, 4) is 5.75 Å². The summed E-state index contributed by atoms with van der Waals surface area (Å²) in [4.78, 5) is 23.4. The number of methoxy groups -OCH3 is 1. The number of carbonyl (C=O) groups is 1. The summed E-state index contributed by atoms with van der Waals surface area (Å²) >= 11 is 0. The first kappa shape index (κ1) is 15.8. The van der Waals surface area contributed by atoms with Crippen LogP contribution in [0.4, 0.5) is 0 Å². The fourth-order valence-corrected chi connectivity index (χ4v) is 2.60. The Kier molecular flexibility index (Phi) is 4.67. The highest BCUT2D eigenvalue weighted by Gasteiger charge is 2.24. The number of nitrogens with two attached hydrogens (primary N) is 1. The SMILES string of the molecule is COc1ccc([C@H](CC(N)=O)c2c(C)[nH][nH]c2=O)cc1CO. The molecule has 5 N–H and O–H groups in total. The number of primary amides is 1. The molecule has 2 rings (SSSR count). The molecule has 0 aliphatic heterocycles. The summed E-state index contributed by atoms with van der Waals surface area (Å²) in [7, 11) is 1.51. The standard InChI is InChI=1S/C15H19N3O4/c1-8-14(15(21)18-17-8)11(6-13(16)20)9-3-4-12(22-2)10(5-9)7-19/h3-5,11,19H,6-7H2,1-2H3,(H2,16,20)(H2,17,18,21)/t11-/m0/s1. The van der Waals surface area contributed by atoms with Crippen LogP contribution in [0.2, 0.25) is 0 Å². The van der Waals surface area contributed by atoms with Crippen molar-refractivity contribution in [3.05, 3.63) is 50.9 Å². The predicted octanol–water partition coefficient (Wildman–Crippen LogP) is 0.520. The molecule has 0 fully saturated rings. The zero-order valence-electron chi connectivity index (χ0n) is 12.5. The second kappa shape index (κ2) is 6.48. The highest BCUT2D eigenvalue weighted by molar-refractivity contribution is 5.75. The summed E-state index contributed by atoms with van der Waals surface area (Å²) in [6, 6.07) is 5.18. The van der Waals surface area contributed by atoms with Crippen molar-refractivity contribution in [3.63, 3.8) is 0 Å². The van der Waals surface area contributed by atoms with E-state index in [2.05, 4.69) is 10.2 Å². The number of aliphatic hydroxyl groups excluding tert-OH is 1. The molecule has 1 aromatic carbocycles. The van der Waals surface area contributed by atoms with E-state index in [9.17, 15) is 14.7 Å². The third-order valence-electron chi connectivity index (χ3n) is 3.64. The number of ether oxygens (including phenoxy) is 1. The summed E-state index contributed by atoms with van der Waals surface area (Å²) in [6.07, 6.45) is -0.00102. The van der Waals surface area contributed by atoms with Crippen LogP contribution < -0.4 is 16.0 Å². The lowest BCUT2D eigenvalue weighted by molar-refractivity contribution is -0.118. The van der Waals surface area contributed by atoms with E-state index in [1.165, 1.54) is 7.11 Å². The van der Waals surface area contributed by atoms with Crippen LogP contribution in [0.25, 0.3) is 0 Å². The minimum Gasteiger partial charge on any atom is -0.496 e. The molecule has 2 aromatic rings. The number of carbonyl (C=O) groups excluding carboxylic acids is 1. The molecule has 1 heterocycles. The molecular formula is C15H19N3O4. The van der Waals surface area contributed by atoms with Gasteiger partial charge in [0.05, 0.1) is 13.7 Å². The number of aryl methyl sites for hydroxylation is 1. The summed E-state index contributed by atoms with van der Waals surface area (Å²) in [5, 5.41) is 14.7. The largest absolute Gasteiger partial charge is 0.496 e. The molecule has 0 aliphatic rings. The zero-order chi connectivity index (χ0) is 16.3. The van der Waals surface area contributed by atoms with Gasteiger partial charge in [0.1, 0.15) is 5.75 Å². The minimum absolute atomic E-state index is 0.00102. The number of aromatic nitrogens is 2. The van der Waals surface area contributed by atoms with Gasteiger partial charge in [0.2, 0.25) is 5.91 Å².